The van der Waals surface area contributed by atoms with Crippen LogP contribution in [-0.4, -0.2) is 51.6 Å². The Labute approximate surface area is 310 Å². The summed E-state index contributed by atoms with van der Waals surface area (Å²) < 4.78 is 35.9. The van der Waals surface area contributed by atoms with Crippen molar-refractivity contribution in [2.75, 3.05) is 19.1 Å². The van der Waals surface area contributed by atoms with Gasteiger partial charge in [0.15, 0.2) is 22.7 Å². The van der Waals surface area contributed by atoms with Crippen molar-refractivity contribution in [2.45, 2.75) is 67.8 Å². The Bertz CT molecular complexity index is 2510. The van der Waals surface area contributed by atoms with Crippen molar-refractivity contribution < 1.29 is 42.3 Å². The van der Waals surface area contributed by atoms with Crippen molar-refractivity contribution in [1.29, 1.82) is 0 Å². The number of benzene rings is 4. The topological polar surface area (TPSA) is 171 Å². The molecule has 1 saturated carbocycles. The Morgan fingerprint density at radius 2 is 1.36 bits per heavy atom. The molecule has 0 spiro atoms. The van der Waals surface area contributed by atoms with E-state index in [2.05, 4.69) is 6.92 Å². The van der Waals surface area contributed by atoms with Gasteiger partial charge >= 0.3 is 11.9 Å². The quantitative estimate of drug-likeness (QED) is 0.0733. The second-order valence-electron chi connectivity index (χ2n) is 12.7. The van der Waals surface area contributed by atoms with E-state index in [1.165, 1.54) is 60.5 Å². The summed E-state index contributed by atoms with van der Waals surface area (Å²) in [7, 11) is -1.31. The molecule has 2 heterocycles. The predicted octanol–water partition coefficient (Wildman–Crippen LogP) is 8.64. The molecule has 0 saturated heterocycles. The van der Waals surface area contributed by atoms with E-state index in [1.54, 1.807) is 12.1 Å². The lowest BCUT2D eigenvalue weighted by Gasteiger charge is -2.15. The maximum Gasteiger partial charge on any atom is 0.335 e. The molecule has 11 nitrogen and oxygen atoms in total. The van der Waals surface area contributed by atoms with Crippen molar-refractivity contribution >= 4 is 78.4 Å². The maximum absolute atomic E-state index is 13.0. The molecule has 2 aromatic heterocycles. The number of aromatic carboxylic acids is 2. The fourth-order valence-electron chi connectivity index (χ4n) is 6.27. The summed E-state index contributed by atoms with van der Waals surface area (Å²) in [5.41, 5.74) is 0.795. The first-order valence-electron chi connectivity index (χ1n) is 17.2. The van der Waals surface area contributed by atoms with Crippen LogP contribution in [0.3, 0.4) is 0 Å². The molecule has 2 N–H and O–H groups in total. The zero-order valence-electron chi connectivity index (χ0n) is 29.4. The molecule has 0 bridgehead atoms. The molecule has 1 aliphatic rings. The van der Waals surface area contributed by atoms with E-state index in [0.29, 0.717) is 50.7 Å². The smallest absolute Gasteiger partial charge is 0.335 e. The first-order valence-corrected chi connectivity index (χ1v) is 20.0. The number of hydrogen-bond acceptors (Lipinski definition) is 10. The third-order valence-electron chi connectivity index (χ3n) is 9.08. The highest BCUT2D eigenvalue weighted by Gasteiger charge is 2.22. The average Bonchev–Trinajstić information content (AvgIpc) is 3.67. The third kappa shape index (κ3) is 8.11. The van der Waals surface area contributed by atoms with E-state index in [-0.39, 0.29) is 44.2 Å². The minimum atomic E-state index is -1.31. The van der Waals surface area contributed by atoms with Crippen molar-refractivity contribution in [3.63, 3.8) is 0 Å². The Kier molecular flexibility index (Phi) is 11.5. The number of hydrogen-bond donors (Lipinski definition) is 2. The minimum Gasteiger partial charge on any atom is -0.490 e. The Morgan fingerprint density at radius 3 is 1.89 bits per heavy atom. The molecule has 7 rings (SSSR count). The molecule has 1 unspecified atom stereocenters. The van der Waals surface area contributed by atoms with Crippen LogP contribution < -0.4 is 20.3 Å². The van der Waals surface area contributed by atoms with Gasteiger partial charge in [0.2, 0.25) is 10.9 Å². The van der Waals surface area contributed by atoms with Crippen LogP contribution in [0.1, 0.15) is 72.6 Å². The summed E-state index contributed by atoms with van der Waals surface area (Å²) in [4.78, 5) is 49.7. The van der Waals surface area contributed by atoms with Gasteiger partial charge in [0.05, 0.1) is 45.4 Å². The van der Waals surface area contributed by atoms with E-state index in [0.717, 1.165) is 49.8 Å². The number of carboxylic acids is 2. The fraction of sp³-hybridized carbons (Fsp3) is 0.300. The molecule has 13 heteroatoms. The van der Waals surface area contributed by atoms with Crippen LogP contribution in [0.25, 0.3) is 43.9 Å². The van der Waals surface area contributed by atoms with Crippen molar-refractivity contribution in [1.82, 2.24) is 0 Å². The van der Waals surface area contributed by atoms with Gasteiger partial charge < -0.3 is 28.5 Å². The molecular formula is C40H38O11S2. The fourth-order valence-corrected chi connectivity index (χ4v) is 7.29. The first-order chi connectivity index (χ1) is 25.5. The minimum absolute atomic E-state index is 0.00630. The third-order valence-corrected chi connectivity index (χ3v) is 10.7. The number of fused-ring (bicyclic) bond motifs is 4. The van der Waals surface area contributed by atoms with E-state index >= 15 is 0 Å². The molecule has 53 heavy (non-hydrogen) atoms. The maximum atomic E-state index is 13.0. The van der Waals surface area contributed by atoms with Gasteiger partial charge in [0.1, 0.15) is 11.2 Å². The van der Waals surface area contributed by atoms with E-state index < -0.39 is 22.7 Å². The van der Waals surface area contributed by atoms with Gasteiger partial charge in [-0.3, -0.25) is 13.8 Å². The van der Waals surface area contributed by atoms with E-state index in [1.807, 2.05) is 12.3 Å². The summed E-state index contributed by atoms with van der Waals surface area (Å²) >= 11 is 1.51. The largest absolute Gasteiger partial charge is 0.490 e. The van der Waals surface area contributed by atoms with Crippen LogP contribution in [0, 0.1) is 0 Å². The van der Waals surface area contributed by atoms with Crippen molar-refractivity contribution in [3.05, 3.63) is 92.2 Å². The standard InChI is InChI=1S/C20H18O6S.C20H20O5S/c1-27(24)13-9-15-18(21)14-8-11(20(22)23)6-7-16(14)26-19(15)17(10-13)25-12-4-2-3-5-12;1-3-4-5-8-24-17-11-13(26-2)10-15-18(21)14-9-12(20(22)23)6-7-16(14)25-19(15)17/h6-10,12H,2-5H2,1H3,(H,22,23);6-7,9-11H,3-5,8H2,1-2H3,(H,22,23). The number of ether oxygens (including phenoxy) is 2. The SMILES string of the molecule is CCCCCOc1cc(SC)cc2c(=O)c3cc(C(=O)O)ccc3oc12.CS(=O)c1cc(OC2CCCC2)c2oc3ccc(C(=O)O)cc3c(=O)c2c1. The van der Waals surface area contributed by atoms with Gasteiger partial charge in [-0.2, -0.15) is 0 Å². The molecular weight excluding hydrogens is 721 g/mol. The molecule has 0 amide bonds. The van der Waals surface area contributed by atoms with Crippen LogP contribution in [0.15, 0.2) is 88.9 Å². The van der Waals surface area contributed by atoms with Gasteiger partial charge in [-0.25, -0.2) is 9.59 Å². The Balaban J connectivity index is 0.000000182. The van der Waals surface area contributed by atoms with Gasteiger partial charge in [0, 0.05) is 32.9 Å². The van der Waals surface area contributed by atoms with Gasteiger partial charge in [-0.1, -0.05) is 19.8 Å². The predicted molar refractivity (Wildman–Crippen MR) is 206 cm³/mol. The highest BCUT2D eigenvalue weighted by molar-refractivity contribution is 7.98. The number of rotatable bonds is 11. The molecule has 0 aliphatic heterocycles. The van der Waals surface area contributed by atoms with Gasteiger partial charge in [-0.15, -0.1) is 11.8 Å². The summed E-state index contributed by atoms with van der Waals surface area (Å²) in [6.45, 7) is 2.68. The van der Waals surface area contributed by atoms with Gasteiger partial charge in [-0.05, 0) is 93.0 Å². The summed E-state index contributed by atoms with van der Waals surface area (Å²) in [5.74, 6) is -1.25. The normalized spacial score (nSPS) is 13.6. The first kappa shape index (κ1) is 37.6. The number of unbranched alkanes of at least 4 members (excludes halogenated alkanes) is 2. The molecule has 0 radical (unpaired) electrons. The van der Waals surface area contributed by atoms with Crippen molar-refractivity contribution in [2.24, 2.45) is 0 Å². The lowest BCUT2D eigenvalue weighted by atomic mass is 10.1. The van der Waals surface area contributed by atoms with Crippen LogP contribution in [-0.2, 0) is 10.8 Å². The second kappa shape index (κ2) is 16.3. The second-order valence-corrected chi connectivity index (χ2v) is 15.0. The van der Waals surface area contributed by atoms with E-state index in [9.17, 15) is 28.5 Å². The summed E-state index contributed by atoms with van der Waals surface area (Å²) in [6, 6.07) is 15.3. The molecule has 1 aliphatic carbocycles. The van der Waals surface area contributed by atoms with E-state index in [4.69, 9.17) is 23.4 Å². The lowest BCUT2D eigenvalue weighted by Crippen LogP contribution is -2.13. The molecule has 4 aromatic carbocycles. The van der Waals surface area contributed by atoms with Crippen LogP contribution in [0.5, 0.6) is 11.5 Å². The number of carbonyl (C=O) groups is 2. The molecule has 6 aromatic rings. The molecule has 276 valence electrons. The summed E-state index contributed by atoms with van der Waals surface area (Å²) in [6.07, 6.45) is 10.6. The van der Waals surface area contributed by atoms with Crippen LogP contribution >= 0.6 is 11.8 Å². The zero-order valence-corrected chi connectivity index (χ0v) is 31.0. The van der Waals surface area contributed by atoms with Gasteiger partial charge in [0.25, 0.3) is 0 Å². The molecule has 1 fully saturated rings. The summed E-state index contributed by atoms with van der Waals surface area (Å²) in [5, 5.41) is 19.4. The highest BCUT2D eigenvalue weighted by atomic mass is 32.2. The number of thioether (sulfide) groups is 1. The monoisotopic (exact) mass is 758 g/mol. The van der Waals surface area contributed by atoms with Crippen LogP contribution in [0.2, 0.25) is 0 Å². The average molecular weight is 759 g/mol. The Morgan fingerprint density at radius 1 is 0.792 bits per heavy atom. The Hall–Kier alpha value is -5.14. The van der Waals surface area contributed by atoms with Crippen LogP contribution in [0.4, 0.5) is 0 Å². The zero-order chi connectivity index (χ0) is 37.8. The highest BCUT2D eigenvalue weighted by Crippen LogP contribution is 2.34. The molecule has 1 atom stereocenters. The van der Waals surface area contributed by atoms with Crippen molar-refractivity contribution in [3.8, 4) is 11.5 Å². The number of carboxylic acid groups (broad SMARTS) is 2. The lowest BCUT2D eigenvalue weighted by molar-refractivity contribution is 0.0686.